The highest BCUT2D eigenvalue weighted by Gasteiger charge is 2.49. The molecular formula is C61H67BN2S. The lowest BCUT2D eigenvalue weighted by Crippen LogP contribution is -2.62. The third-order valence-electron chi connectivity index (χ3n) is 17.9. The number of rotatable bonds is 2. The topological polar surface area (TPSA) is 6.48 Å². The molecule has 0 radical (unpaired) electrons. The number of fused-ring (bicyclic) bond motifs is 10. The van der Waals surface area contributed by atoms with Crippen LogP contribution >= 0.6 is 11.3 Å². The first-order chi connectivity index (χ1) is 30.6. The molecule has 4 heteroatoms. The molecule has 3 heterocycles. The van der Waals surface area contributed by atoms with E-state index in [1.165, 1.54) is 148 Å². The lowest BCUT2D eigenvalue weighted by atomic mass is 9.32. The second-order valence-corrected chi connectivity index (χ2v) is 26.1. The smallest absolute Gasteiger partial charge is 0.252 e. The summed E-state index contributed by atoms with van der Waals surface area (Å²) in [7, 11) is 0. The van der Waals surface area contributed by atoms with Gasteiger partial charge in [-0.1, -0.05) is 126 Å². The Labute approximate surface area is 393 Å². The van der Waals surface area contributed by atoms with Gasteiger partial charge in [-0.15, -0.1) is 11.3 Å². The predicted molar refractivity (Wildman–Crippen MR) is 284 cm³/mol. The van der Waals surface area contributed by atoms with E-state index in [1.807, 2.05) is 11.3 Å². The highest BCUT2D eigenvalue weighted by molar-refractivity contribution is 7.25. The van der Waals surface area contributed by atoms with Crippen LogP contribution in [0.25, 0.3) is 20.2 Å². The van der Waals surface area contributed by atoms with Gasteiger partial charge in [-0.3, -0.25) is 0 Å². The van der Waals surface area contributed by atoms with E-state index in [1.54, 1.807) is 0 Å². The maximum Gasteiger partial charge on any atom is 0.252 e. The summed E-state index contributed by atoms with van der Waals surface area (Å²) in [5.41, 5.74) is 23.2. The van der Waals surface area contributed by atoms with Crippen LogP contribution in [0.2, 0.25) is 0 Å². The molecule has 0 amide bonds. The molecule has 0 bridgehead atoms. The number of thiophene rings is 1. The fourth-order valence-corrected chi connectivity index (χ4v) is 14.5. The average molecular weight is 871 g/mol. The molecule has 2 aliphatic heterocycles. The third kappa shape index (κ3) is 5.90. The fourth-order valence-electron chi connectivity index (χ4n) is 13.4. The molecule has 2 nitrogen and oxygen atoms in total. The number of hydrogen-bond acceptors (Lipinski definition) is 3. The molecule has 5 aliphatic rings. The third-order valence-corrected chi connectivity index (χ3v) is 19.0. The molecule has 0 N–H and O–H groups in total. The zero-order valence-corrected chi connectivity index (χ0v) is 42.2. The van der Waals surface area contributed by atoms with Crippen LogP contribution in [0.5, 0.6) is 0 Å². The molecular weight excluding hydrogens is 804 g/mol. The maximum absolute atomic E-state index is 2.72. The summed E-state index contributed by atoms with van der Waals surface area (Å²) in [4.78, 5) is 5.41. The molecule has 0 atom stereocenters. The fraction of sp³-hybridized carbons (Fsp3) is 0.410. The van der Waals surface area contributed by atoms with Crippen molar-refractivity contribution in [1.29, 1.82) is 0 Å². The average Bonchev–Trinajstić information content (AvgIpc) is 3.63. The zero-order valence-electron chi connectivity index (χ0n) is 41.4. The largest absolute Gasteiger partial charge is 0.311 e. The summed E-state index contributed by atoms with van der Waals surface area (Å²) in [5, 5.41) is 2.69. The Morgan fingerprint density at radius 2 is 0.815 bits per heavy atom. The van der Waals surface area contributed by atoms with Gasteiger partial charge in [0.05, 0.1) is 0 Å². The number of anilines is 6. The lowest BCUT2D eigenvalue weighted by molar-refractivity contribution is 0.332. The van der Waals surface area contributed by atoms with Crippen LogP contribution in [0.3, 0.4) is 0 Å². The van der Waals surface area contributed by atoms with Gasteiger partial charge in [0.2, 0.25) is 0 Å². The van der Waals surface area contributed by atoms with E-state index in [4.69, 9.17) is 0 Å². The summed E-state index contributed by atoms with van der Waals surface area (Å²) in [5.74, 6) is 0. The minimum absolute atomic E-state index is 0.0732. The second kappa shape index (κ2) is 13.2. The van der Waals surface area contributed by atoms with Gasteiger partial charge in [-0.2, -0.15) is 0 Å². The van der Waals surface area contributed by atoms with Gasteiger partial charge in [-0.25, -0.2) is 0 Å². The van der Waals surface area contributed by atoms with Gasteiger partial charge in [0.1, 0.15) is 0 Å². The Morgan fingerprint density at radius 3 is 1.34 bits per heavy atom. The summed E-state index contributed by atoms with van der Waals surface area (Å²) in [6, 6.07) is 39.6. The van der Waals surface area contributed by atoms with Crippen LogP contribution in [0.4, 0.5) is 34.1 Å². The van der Waals surface area contributed by atoms with Gasteiger partial charge in [0.25, 0.3) is 6.71 Å². The van der Waals surface area contributed by atoms with Crippen LogP contribution in [-0.4, -0.2) is 6.71 Å². The monoisotopic (exact) mass is 871 g/mol. The summed E-state index contributed by atoms with van der Waals surface area (Å²) in [6.07, 6.45) is 7.17. The molecule has 12 rings (SSSR count). The van der Waals surface area contributed by atoms with Crippen molar-refractivity contribution < 1.29 is 0 Å². The number of benzene rings is 6. The van der Waals surface area contributed by atoms with Crippen LogP contribution in [0, 0.1) is 6.92 Å². The Morgan fingerprint density at radius 1 is 0.400 bits per heavy atom. The van der Waals surface area contributed by atoms with Crippen molar-refractivity contribution in [3.63, 3.8) is 0 Å². The van der Waals surface area contributed by atoms with Crippen molar-refractivity contribution in [2.24, 2.45) is 0 Å². The first-order valence-electron chi connectivity index (χ1n) is 24.8. The standard InChI is InChI=1S/C61H67BN2S/c1-36-28-51-55-52(29-36)64(38-18-20-40-39-16-14-15-17-53(39)65-54(40)31-38)50-35-46-44(59(8,9)25-27-61(46,12)13)33-48(50)62(55)47-32-43-45(60(10,11)26-24-58(43,6)7)34-49(47)63(51)37-19-21-41-42(30-37)57(4,5)23-22-56(41,2)3/h14-21,28-35H,22-27H2,1-13H3. The maximum atomic E-state index is 2.72. The van der Waals surface area contributed by atoms with Crippen molar-refractivity contribution in [3.8, 4) is 0 Å². The van der Waals surface area contributed by atoms with Crippen molar-refractivity contribution in [2.75, 3.05) is 9.80 Å². The zero-order chi connectivity index (χ0) is 45.5. The van der Waals surface area contributed by atoms with Gasteiger partial charge in [0.15, 0.2) is 0 Å². The molecule has 6 aromatic carbocycles. The highest BCUT2D eigenvalue weighted by atomic mass is 32.1. The van der Waals surface area contributed by atoms with Crippen LogP contribution in [0.1, 0.15) is 161 Å². The first-order valence-corrected chi connectivity index (χ1v) is 25.6. The first kappa shape index (κ1) is 41.6. The summed E-state index contributed by atoms with van der Waals surface area (Å²) in [6.45, 7) is 32.3. The molecule has 0 unspecified atom stereocenters. The van der Waals surface area contributed by atoms with E-state index in [0.717, 1.165) is 0 Å². The van der Waals surface area contributed by atoms with Crippen LogP contribution in [-0.2, 0) is 32.5 Å². The molecule has 0 spiro atoms. The van der Waals surface area contributed by atoms with Crippen molar-refractivity contribution in [1.82, 2.24) is 0 Å². The van der Waals surface area contributed by atoms with E-state index >= 15 is 0 Å². The number of nitrogens with zero attached hydrogens (tertiary/aromatic N) is 2. The normalized spacial score (nSPS) is 21.0. The molecule has 1 aromatic heterocycles. The lowest BCUT2D eigenvalue weighted by Gasteiger charge is -2.49. The quantitative estimate of drug-likeness (QED) is 0.160. The van der Waals surface area contributed by atoms with E-state index in [-0.39, 0.29) is 39.2 Å². The molecule has 0 fully saturated rings. The van der Waals surface area contributed by atoms with E-state index in [2.05, 4.69) is 197 Å². The van der Waals surface area contributed by atoms with E-state index in [9.17, 15) is 0 Å². The Bertz CT molecular complexity index is 3210. The predicted octanol–water partition coefficient (Wildman–Crippen LogP) is 15.5. The second-order valence-electron chi connectivity index (χ2n) is 25.0. The summed E-state index contributed by atoms with van der Waals surface area (Å²) < 4.78 is 2.69. The summed E-state index contributed by atoms with van der Waals surface area (Å²) >= 11 is 1.92. The van der Waals surface area contributed by atoms with Gasteiger partial charge < -0.3 is 9.80 Å². The molecule has 0 saturated carbocycles. The number of aryl methyl sites for hydroxylation is 1. The molecule has 65 heavy (non-hydrogen) atoms. The number of hydrogen-bond donors (Lipinski definition) is 0. The Kier molecular flexibility index (Phi) is 8.46. The molecule has 7 aromatic rings. The van der Waals surface area contributed by atoms with E-state index in [0.29, 0.717) is 0 Å². The molecule has 330 valence electrons. The van der Waals surface area contributed by atoms with E-state index < -0.39 is 0 Å². The molecule has 3 aliphatic carbocycles. The Balaban J connectivity index is 1.21. The van der Waals surface area contributed by atoms with Crippen LogP contribution in [0.15, 0.2) is 97.1 Å². The minimum Gasteiger partial charge on any atom is -0.311 e. The van der Waals surface area contributed by atoms with Crippen molar-refractivity contribution >= 4 is 88.7 Å². The van der Waals surface area contributed by atoms with Crippen molar-refractivity contribution in [2.45, 2.75) is 161 Å². The minimum atomic E-state index is 0.0732. The van der Waals surface area contributed by atoms with Gasteiger partial charge in [-0.05, 0) is 188 Å². The van der Waals surface area contributed by atoms with Crippen LogP contribution < -0.4 is 26.2 Å². The highest BCUT2D eigenvalue weighted by Crippen LogP contribution is 2.54. The SMILES string of the molecule is Cc1cc2c3c(c1)N(c1ccc4c(c1)sc1ccccc14)c1cc4c(cc1B3c1cc3c(cc1N2c1ccc2c(c1)C(C)(C)CCC2(C)C)C(C)(C)CCC3(C)C)C(C)(C)CCC4(C)C. The van der Waals surface area contributed by atoms with Gasteiger partial charge in [0, 0.05) is 54.3 Å². The molecule has 0 saturated heterocycles. The van der Waals surface area contributed by atoms with Crippen molar-refractivity contribution in [3.05, 3.63) is 136 Å². The Hall–Kier alpha value is -4.80. The van der Waals surface area contributed by atoms with Gasteiger partial charge >= 0.3 is 0 Å².